The molecule has 1 saturated heterocycles. The summed E-state index contributed by atoms with van der Waals surface area (Å²) in [5.74, 6) is 0.298. The summed E-state index contributed by atoms with van der Waals surface area (Å²) in [7, 11) is 0. The molecule has 1 atom stereocenters. The minimum Gasteiger partial charge on any atom is -0.444 e. The Labute approximate surface area is 178 Å². The molecule has 7 heteroatoms. The van der Waals surface area contributed by atoms with E-state index in [0.29, 0.717) is 37.4 Å². The minimum atomic E-state index is -4.37. The summed E-state index contributed by atoms with van der Waals surface area (Å²) in [6.45, 7) is 13.1. The zero-order valence-electron chi connectivity index (χ0n) is 18.9. The van der Waals surface area contributed by atoms with Crippen molar-refractivity contribution in [1.29, 1.82) is 0 Å². The molecular weight excluding hydrogens is 393 g/mol. The van der Waals surface area contributed by atoms with Gasteiger partial charge in [-0.3, -0.25) is 4.90 Å². The Bertz CT molecular complexity index is 705. The molecule has 170 valence electrons. The average Bonchev–Trinajstić information content (AvgIpc) is 2.64. The van der Waals surface area contributed by atoms with Crippen LogP contribution in [0.4, 0.5) is 18.0 Å². The molecule has 0 spiro atoms. The summed E-state index contributed by atoms with van der Waals surface area (Å²) in [4.78, 5) is 16.2. The van der Waals surface area contributed by atoms with E-state index >= 15 is 0 Å². The second-order valence-corrected chi connectivity index (χ2v) is 9.51. The van der Waals surface area contributed by atoms with Crippen LogP contribution in [-0.2, 0) is 17.5 Å². The van der Waals surface area contributed by atoms with Gasteiger partial charge in [0.05, 0.1) is 5.56 Å². The number of benzene rings is 1. The summed E-state index contributed by atoms with van der Waals surface area (Å²) in [6, 6.07) is 6.04. The van der Waals surface area contributed by atoms with E-state index in [9.17, 15) is 18.0 Å². The lowest BCUT2D eigenvalue weighted by Gasteiger charge is -2.43. The lowest BCUT2D eigenvalue weighted by molar-refractivity contribution is -0.138. The SMILES string of the molecule is CC(C)C(C)N(Cc1ccccc1C(F)(F)F)C1CCN(C(=O)OC(C)(C)C)CC1. The lowest BCUT2D eigenvalue weighted by Crippen LogP contribution is -2.51. The molecule has 0 N–H and O–H groups in total. The maximum atomic E-state index is 13.5. The van der Waals surface area contributed by atoms with E-state index in [1.54, 1.807) is 17.0 Å². The molecule has 4 nitrogen and oxygen atoms in total. The first-order valence-electron chi connectivity index (χ1n) is 10.7. The Morgan fingerprint density at radius 1 is 1.13 bits per heavy atom. The fraction of sp³-hybridized carbons (Fsp3) is 0.696. The Hall–Kier alpha value is -1.76. The van der Waals surface area contributed by atoms with Crippen molar-refractivity contribution in [3.05, 3.63) is 35.4 Å². The summed E-state index contributed by atoms with van der Waals surface area (Å²) < 4.78 is 46.0. The number of piperidine rings is 1. The Kier molecular flexibility index (Phi) is 7.83. The van der Waals surface area contributed by atoms with Crippen LogP contribution in [0.5, 0.6) is 0 Å². The normalized spacial score (nSPS) is 17.5. The molecule has 0 aromatic heterocycles. The molecule has 1 aliphatic rings. The Morgan fingerprint density at radius 3 is 2.20 bits per heavy atom. The quantitative estimate of drug-likeness (QED) is 0.581. The van der Waals surface area contributed by atoms with Crippen molar-refractivity contribution in [1.82, 2.24) is 9.80 Å². The van der Waals surface area contributed by atoms with Crippen LogP contribution in [0.3, 0.4) is 0 Å². The maximum Gasteiger partial charge on any atom is 0.416 e. The van der Waals surface area contributed by atoms with E-state index in [-0.39, 0.29) is 24.7 Å². The van der Waals surface area contributed by atoms with E-state index in [1.807, 2.05) is 20.8 Å². The molecule has 1 unspecified atom stereocenters. The van der Waals surface area contributed by atoms with Gasteiger partial charge in [-0.05, 0) is 58.1 Å². The molecule has 1 fully saturated rings. The number of carbonyl (C=O) groups is 1. The first kappa shape index (κ1) is 24.5. The highest BCUT2D eigenvalue weighted by molar-refractivity contribution is 5.68. The molecule has 1 heterocycles. The van der Waals surface area contributed by atoms with Crippen LogP contribution in [0.25, 0.3) is 0 Å². The van der Waals surface area contributed by atoms with Gasteiger partial charge in [-0.25, -0.2) is 4.79 Å². The summed E-state index contributed by atoms with van der Waals surface area (Å²) >= 11 is 0. The number of hydrogen-bond acceptors (Lipinski definition) is 3. The second kappa shape index (κ2) is 9.58. The van der Waals surface area contributed by atoms with Gasteiger partial charge in [-0.15, -0.1) is 0 Å². The molecule has 0 aliphatic carbocycles. The van der Waals surface area contributed by atoms with Crippen LogP contribution < -0.4 is 0 Å². The van der Waals surface area contributed by atoms with E-state index in [4.69, 9.17) is 4.74 Å². The predicted octanol–water partition coefficient (Wildman–Crippen LogP) is 5.95. The van der Waals surface area contributed by atoms with Gasteiger partial charge < -0.3 is 9.64 Å². The van der Waals surface area contributed by atoms with Crippen molar-refractivity contribution < 1.29 is 22.7 Å². The minimum absolute atomic E-state index is 0.113. The van der Waals surface area contributed by atoms with Gasteiger partial charge in [-0.2, -0.15) is 13.2 Å². The van der Waals surface area contributed by atoms with Gasteiger partial charge in [0.1, 0.15) is 5.60 Å². The van der Waals surface area contributed by atoms with Gasteiger partial charge in [0.25, 0.3) is 0 Å². The average molecular weight is 429 g/mol. The smallest absolute Gasteiger partial charge is 0.416 e. The third-order valence-corrected chi connectivity index (χ3v) is 5.75. The zero-order valence-corrected chi connectivity index (χ0v) is 18.9. The molecule has 1 amide bonds. The van der Waals surface area contributed by atoms with Crippen molar-refractivity contribution in [3.8, 4) is 0 Å². The number of halogens is 3. The number of likely N-dealkylation sites (tertiary alicyclic amines) is 1. The van der Waals surface area contributed by atoms with Crippen LogP contribution >= 0.6 is 0 Å². The largest absolute Gasteiger partial charge is 0.444 e. The number of alkyl halides is 3. The van der Waals surface area contributed by atoms with Gasteiger partial charge >= 0.3 is 12.3 Å². The van der Waals surface area contributed by atoms with Gasteiger partial charge in [-0.1, -0.05) is 32.0 Å². The van der Waals surface area contributed by atoms with Crippen molar-refractivity contribution in [2.24, 2.45) is 5.92 Å². The summed E-state index contributed by atoms with van der Waals surface area (Å²) in [5.41, 5.74) is -0.822. The molecule has 30 heavy (non-hydrogen) atoms. The molecule has 0 saturated carbocycles. The van der Waals surface area contributed by atoms with E-state index in [1.165, 1.54) is 6.07 Å². The maximum absolute atomic E-state index is 13.5. The predicted molar refractivity (Wildman–Crippen MR) is 112 cm³/mol. The van der Waals surface area contributed by atoms with E-state index in [2.05, 4.69) is 25.7 Å². The summed E-state index contributed by atoms with van der Waals surface area (Å²) in [6.07, 6.45) is -3.27. The molecule has 0 bridgehead atoms. The molecule has 2 rings (SSSR count). The monoisotopic (exact) mass is 428 g/mol. The highest BCUT2D eigenvalue weighted by Crippen LogP contribution is 2.34. The Balaban J connectivity index is 2.16. The zero-order chi connectivity index (χ0) is 22.7. The standard InChI is InChI=1S/C23H35F3N2O2/c1-16(2)17(3)28(15-18-9-7-8-10-20(18)23(24,25)26)19-11-13-27(14-12-19)21(29)30-22(4,5)6/h7-10,16-17,19H,11-15H2,1-6H3. The second-order valence-electron chi connectivity index (χ2n) is 9.51. The highest BCUT2D eigenvalue weighted by Gasteiger charge is 2.36. The van der Waals surface area contributed by atoms with Crippen LogP contribution in [0.2, 0.25) is 0 Å². The van der Waals surface area contributed by atoms with Gasteiger partial charge in [0, 0.05) is 31.7 Å². The highest BCUT2D eigenvalue weighted by atomic mass is 19.4. The van der Waals surface area contributed by atoms with E-state index in [0.717, 1.165) is 6.07 Å². The molecule has 1 aromatic carbocycles. The number of amides is 1. The number of rotatable bonds is 5. The first-order chi connectivity index (χ1) is 13.8. The first-order valence-corrected chi connectivity index (χ1v) is 10.7. The van der Waals surface area contributed by atoms with Crippen molar-refractivity contribution >= 4 is 6.09 Å². The van der Waals surface area contributed by atoms with Crippen LogP contribution in [-0.4, -0.2) is 46.7 Å². The third kappa shape index (κ3) is 6.62. The number of nitrogens with zero attached hydrogens (tertiary/aromatic N) is 2. The van der Waals surface area contributed by atoms with Crippen molar-refractivity contribution in [3.63, 3.8) is 0 Å². The topological polar surface area (TPSA) is 32.8 Å². The molecule has 0 radical (unpaired) electrons. The third-order valence-electron chi connectivity index (χ3n) is 5.75. The molecular formula is C23H35F3N2O2. The van der Waals surface area contributed by atoms with Crippen LogP contribution in [0, 0.1) is 5.92 Å². The Morgan fingerprint density at radius 2 is 1.70 bits per heavy atom. The fourth-order valence-electron chi connectivity index (χ4n) is 3.83. The number of hydrogen-bond donors (Lipinski definition) is 0. The molecule has 1 aliphatic heterocycles. The van der Waals surface area contributed by atoms with Crippen LogP contribution in [0.15, 0.2) is 24.3 Å². The number of carbonyl (C=O) groups excluding carboxylic acids is 1. The lowest BCUT2D eigenvalue weighted by atomic mass is 9.95. The number of ether oxygens (including phenoxy) is 1. The molecule has 1 aromatic rings. The van der Waals surface area contributed by atoms with Crippen LogP contribution in [0.1, 0.15) is 65.5 Å². The van der Waals surface area contributed by atoms with E-state index < -0.39 is 17.3 Å². The van der Waals surface area contributed by atoms with Crippen molar-refractivity contribution in [2.45, 2.75) is 84.8 Å². The summed E-state index contributed by atoms with van der Waals surface area (Å²) in [5, 5.41) is 0. The van der Waals surface area contributed by atoms with Gasteiger partial charge in [0.15, 0.2) is 0 Å². The van der Waals surface area contributed by atoms with Gasteiger partial charge in [0.2, 0.25) is 0 Å². The fourth-order valence-corrected chi connectivity index (χ4v) is 3.83. The van der Waals surface area contributed by atoms with Crippen molar-refractivity contribution in [2.75, 3.05) is 13.1 Å².